The molecule has 26 heavy (non-hydrogen) atoms. The Morgan fingerprint density at radius 1 is 1.38 bits per heavy atom. The third-order valence-corrected chi connectivity index (χ3v) is 6.31. The monoisotopic (exact) mass is 384 g/mol. The van der Waals surface area contributed by atoms with Gasteiger partial charge in [-0.3, -0.25) is 4.79 Å². The van der Waals surface area contributed by atoms with Crippen LogP contribution in [-0.2, 0) is 19.6 Å². The minimum atomic E-state index is -3.63. The van der Waals surface area contributed by atoms with Crippen molar-refractivity contribution in [2.75, 3.05) is 40.0 Å². The largest absolute Gasteiger partial charge is 0.494 e. The van der Waals surface area contributed by atoms with Crippen LogP contribution in [0, 0.1) is 12.8 Å². The first kappa shape index (κ1) is 20.7. The van der Waals surface area contributed by atoms with Gasteiger partial charge in [0.15, 0.2) is 0 Å². The molecule has 0 spiro atoms. The number of carbonyl (C=O) groups excluding carboxylic acids is 1. The molecule has 1 unspecified atom stereocenters. The number of carbonyl (C=O) groups is 1. The van der Waals surface area contributed by atoms with E-state index < -0.39 is 10.0 Å². The third-order valence-electron chi connectivity index (χ3n) is 4.44. The molecule has 1 N–H and O–H groups in total. The molecule has 146 valence electrons. The van der Waals surface area contributed by atoms with Crippen LogP contribution in [0.5, 0.6) is 5.75 Å². The number of ether oxygens (including phenoxy) is 2. The molecule has 0 bridgehead atoms. The zero-order chi connectivity index (χ0) is 19.2. The minimum absolute atomic E-state index is 0.121. The van der Waals surface area contributed by atoms with Crippen LogP contribution in [0.2, 0.25) is 0 Å². The SMILES string of the molecule is CCOc1ccc(S(=O)(=O)N2CCCC(C(=O)NCCOC)C2)cc1C. The Balaban J connectivity index is 2.10. The number of piperidine rings is 1. The molecule has 2 rings (SSSR count). The fourth-order valence-corrected chi connectivity index (χ4v) is 4.65. The fourth-order valence-electron chi connectivity index (χ4n) is 3.04. The van der Waals surface area contributed by atoms with Crippen molar-refractivity contribution in [2.45, 2.75) is 31.6 Å². The molecule has 1 aliphatic rings. The van der Waals surface area contributed by atoms with E-state index in [-0.39, 0.29) is 23.3 Å². The lowest BCUT2D eigenvalue weighted by Gasteiger charge is -2.31. The van der Waals surface area contributed by atoms with Crippen LogP contribution in [0.4, 0.5) is 0 Å². The zero-order valence-corrected chi connectivity index (χ0v) is 16.5. The average Bonchev–Trinajstić information content (AvgIpc) is 2.63. The van der Waals surface area contributed by atoms with Crippen molar-refractivity contribution >= 4 is 15.9 Å². The number of hydrogen-bond acceptors (Lipinski definition) is 5. The topological polar surface area (TPSA) is 84.9 Å². The zero-order valence-electron chi connectivity index (χ0n) is 15.7. The van der Waals surface area contributed by atoms with Crippen molar-refractivity contribution in [2.24, 2.45) is 5.92 Å². The van der Waals surface area contributed by atoms with E-state index in [2.05, 4.69) is 5.32 Å². The molecule has 1 aromatic carbocycles. The van der Waals surface area contributed by atoms with Crippen LogP contribution in [0.15, 0.2) is 23.1 Å². The van der Waals surface area contributed by atoms with Gasteiger partial charge in [0.05, 0.1) is 24.0 Å². The molecule has 1 aliphatic heterocycles. The molecule has 1 heterocycles. The Labute approximate surface area is 155 Å². The minimum Gasteiger partial charge on any atom is -0.494 e. The second-order valence-corrected chi connectivity index (χ2v) is 8.28. The van der Waals surface area contributed by atoms with Gasteiger partial charge >= 0.3 is 0 Å². The maximum absolute atomic E-state index is 13.0. The first-order valence-electron chi connectivity index (χ1n) is 8.90. The number of sulfonamides is 1. The van der Waals surface area contributed by atoms with Crippen LogP contribution >= 0.6 is 0 Å². The Bertz CT molecular complexity index is 720. The van der Waals surface area contributed by atoms with Gasteiger partial charge in [-0.05, 0) is 50.5 Å². The standard InChI is InChI=1S/C18H28N2O5S/c1-4-25-17-8-7-16(12-14(17)2)26(22,23)20-10-5-6-15(13-20)18(21)19-9-11-24-3/h7-8,12,15H,4-6,9-11,13H2,1-3H3,(H,19,21). The lowest BCUT2D eigenvalue weighted by Crippen LogP contribution is -2.45. The van der Waals surface area contributed by atoms with Crippen LogP contribution in [0.1, 0.15) is 25.3 Å². The number of amides is 1. The number of rotatable bonds is 8. The van der Waals surface area contributed by atoms with E-state index in [1.807, 2.05) is 13.8 Å². The van der Waals surface area contributed by atoms with E-state index >= 15 is 0 Å². The quantitative estimate of drug-likeness (QED) is 0.688. The van der Waals surface area contributed by atoms with Crippen LogP contribution in [-0.4, -0.2) is 58.6 Å². The smallest absolute Gasteiger partial charge is 0.243 e. The summed E-state index contributed by atoms with van der Waals surface area (Å²) in [5.41, 5.74) is 0.777. The summed E-state index contributed by atoms with van der Waals surface area (Å²) in [4.78, 5) is 12.5. The summed E-state index contributed by atoms with van der Waals surface area (Å²) in [6.45, 7) is 5.73. The van der Waals surface area contributed by atoms with Crippen LogP contribution in [0.3, 0.4) is 0 Å². The maximum Gasteiger partial charge on any atom is 0.243 e. The van der Waals surface area contributed by atoms with Crippen molar-refractivity contribution < 1.29 is 22.7 Å². The highest BCUT2D eigenvalue weighted by Crippen LogP contribution is 2.27. The molecule has 0 saturated carbocycles. The second kappa shape index (κ2) is 9.34. The number of benzene rings is 1. The lowest BCUT2D eigenvalue weighted by molar-refractivity contribution is -0.126. The van der Waals surface area contributed by atoms with E-state index in [0.717, 1.165) is 5.56 Å². The summed E-state index contributed by atoms with van der Waals surface area (Å²) in [6, 6.07) is 4.88. The van der Waals surface area contributed by atoms with Gasteiger partial charge in [0, 0.05) is 26.7 Å². The number of nitrogens with one attached hydrogen (secondary N) is 1. The first-order chi connectivity index (χ1) is 12.4. The average molecular weight is 384 g/mol. The first-order valence-corrected chi connectivity index (χ1v) is 10.3. The Morgan fingerprint density at radius 3 is 2.81 bits per heavy atom. The molecule has 1 saturated heterocycles. The van der Waals surface area contributed by atoms with Crippen LogP contribution in [0.25, 0.3) is 0 Å². The van der Waals surface area contributed by atoms with Gasteiger partial charge in [-0.1, -0.05) is 0 Å². The summed E-state index contributed by atoms with van der Waals surface area (Å²) in [5, 5.41) is 2.79. The number of nitrogens with zero attached hydrogens (tertiary/aromatic N) is 1. The van der Waals surface area contributed by atoms with Gasteiger partial charge in [0.1, 0.15) is 5.75 Å². The van der Waals surface area contributed by atoms with Crippen molar-refractivity contribution in [3.63, 3.8) is 0 Å². The Kier molecular flexibility index (Phi) is 7.43. The molecule has 0 aliphatic carbocycles. The molecular formula is C18H28N2O5S. The molecular weight excluding hydrogens is 356 g/mol. The summed E-state index contributed by atoms with van der Waals surface area (Å²) in [7, 11) is -2.07. The van der Waals surface area contributed by atoms with Crippen molar-refractivity contribution in [3.05, 3.63) is 23.8 Å². The molecule has 0 radical (unpaired) electrons. The fraction of sp³-hybridized carbons (Fsp3) is 0.611. The van der Waals surface area contributed by atoms with E-state index in [0.29, 0.717) is 44.9 Å². The maximum atomic E-state index is 13.0. The number of hydrogen-bond donors (Lipinski definition) is 1. The molecule has 0 aromatic heterocycles. The van der Waals surface area contributed by atoms with E-state index in [1.54, 1.807) is 25.3 Å². The van der Waals surface area contributed by atoms with Crippen molar-refractivity contribution in [3.8, 4) is 5.75 Å². The van der Waals surface area contributed by atoms with E-state index in [1.165, 1.54) is 4.31 Å². The summed E-state index contributed by atoms with van der Waals surface area (Å²) >= 11 is 0. The molecule has 7 nitrogen and oxygen atoms in total. The molecule has 1 amide bonds. The number of aryl methyl sites for hydroxylation is 1. The van der Waals surface area contributed by atoms with Gasteiger partial charge in [-0.25, -0.2) is 8.42 Å². The predicted molar refractivity (Wildman–Crippen MR) is 98.7 cm³/mol. The Morgan fingerprint density at radius 2 is 2.15 bits per heavy atom. The Hall–Kier alpha value is -1.64. The van der Waals surface area contributed by atoms with E-state index in [4.69, 9.17) is 9.47 Å². The summed E-state index contributed by atoms with van der Waals surface area (Å²) in [5.74, 6) is 0.226. The van der Waals surface area contributed by atoms with Crippen molar-refractivity contribution in [1.29, 1.82) is 0 Å². The van der Waals surface area contributed by atoms with Gasteiger partial charge in [0.2, 0.25) is 15.9 Å². The molecule has 8 heteroatoms. The summed E-state index contributed by atoms with van der Waals surface area (Å²) < 4.78 is 37.7. The molecule has 1 fully saturated rings. The molecule has 1 aromatic rings. The number of methoxy groups -OCH3 is 1. The van der Waals surface area contributed by atoms with Crippen molar-refractivity contribution in [1.82, 2.24) is 9.62 Å². The highest BCUT2D eigenvalue weighted by molar-refractivity contribution is 7.89. The highest BCUT2D eigenvalue weighted by atomic mass is 32.2. The third kappa shape index (κ3) is 4.96. The summed E-state index contributed by atoms with van der Waals surface area (Å²) in [6.07, 6.45) is 1.35. The normalized spacial score (nSPS) is 18.5. The van der Waals surface area contributed by atoms with Gasteiger partial charge in [0.25, 0.3) is 0 Å². The second-order valence-electron chi connectivity index (χ2n) is 6.35. The highest BCUT2D eigenvalue weighted by Gasteiger charge is 2.33. The van der Waals surface area contributed by atoms with E-state index in [9.17, 15) is 13.2 Å². The molecule has 1 atom stereocenters. The lowest BCUT2D eigenvalue weighted by atomic mass is 9.99. The van der Waals surface area contributed by atoms with Crippen LogP contribution < -0.4 is 10.1 Å². The van der Waals surface area contributed by atoms with Gasteiger partial charge < -0.3 is 14.8 Å². The van der Waals surface area contributed by atoms with Gasteiger partial charge in [-0.15, -0.1) is 0 Å². The predicted octanol–water partition coefficient (Wildman–Crippen LogP) is 1.56. The van der Waals surface area contributed by atoms with Gasteiger partial charge in [-0.2, -0.15) is 4.31 Å².